The smallest absolute Gasteiger partial charge is 0.271 e. The number of nitro benzene ring substituents is 1. The third-order valence-electron chi connectivity index (χ3n) is 3.21. The Hall–Kier alpha value is -3.26. The second-order valence-corrected chi connectivity index (χ2v) is 5.08. The molecule has 0 bridgehead atoms. The molecule has 2 aromatic carbocycles. The summed E-state index contributed by atoms with van der Waals surface area (Å²) in [7, 11) is 0. The topological polar surface area (TPSA) is 110 Å². The first-order valence-electron chi connectivity index (χ1n) is 6.76. The van der Waals surface area contributed by atoms with Gasteiger partial charge in [0.1, 0.15) is 0 Å². The number of aromatic nitrogens is 2. The highest BCUT2D eigenvalue weighted by Crippen LogP contribution is 2.29. The lowest BCUT2D eigenvalue weighted by molar-refractivity contribution is -0.384. The predicted octanol–water partition coefficient (Wildman–Crippen LogP) is 3.50. The maximum atomic E-state index is 10.8. The van der Waals surface area contributed by atoms with Gasteiger partial charge in [0.05, 0.1) is 27.3 Å². The van der Waals surface area contributed by atoms with Crippen molar-refractivity contribution in [2.45, 2.75) is 0 Å². The second-order valence-electron chi connectivity index (χ2n) is 4.73. The van der Waals surface area contributed by atoms with Crippen molar-refractivity contribution in [1.82, 2.24) is 9.97 Å². The van der Waals surface area contributed by atoms with Gasteiger partial charge in [-0.3, -0.25) is 14.9 Å². The summed E-state index contributed by atoms with van der Waals surface area (Å²) in [6.07, 6.45) is 0.563. The Bertz CT molecular complexity index is 948. The molecule has 1 heterocycles. The number of nitro groups is 1. The van der Waals surface area contributed by atoms with E-state index in [4.69, 9.17) is 11.6 Å². The van der Waals surface area contributed by atoms with Crippen LogP contribution in [0.1, 0.15) is 0 Å². The molecule has 1 aromatic heterocycles. The quantitative estimate of drug-likeness (QED) is 0.416. The van der Waals surface area contributed by atoms with Crippen molar-refractivity contribution < 1.29 is 9.72 Å². The van der Waals surface area contributed by atoms with E-state index in [1.807, 2.05) is 0 Å². The fraction of sp³-hybridized carbons (Fsp3) is 0. The molecule has 0 saturated heterocycles. The van der Waals surface area contributed by atoms with Crippen LogP contribution in [0.25, 0.3) is 11.0 Å². The van der Waals surface area contributed by atoms with Crippen LogP contribution in [0, 0.1) is 10.1 Å². The highest BCUT2D eigenvalue weighted by atomic mass is 35.5. The Labute approximate surface area is 140 Å². The van der Waals surface area contributed by atoms with Crippen LogP contribution in [0.3, 0.4) is 0 Å². The van der Waals surface area contributed by atoms with Crippen molar-refractivity contribution in [3.63, 3.8) is 0 Å². The van der Waals surface area contributed by atoms with Gasteiger partial charge in [0.25, 0.3) is 5.69 Å². The summed E-state index contributed by atoms with van der Waals surface area (Å²) in [6.45, 7) is 0. The third kappa shape index (κ3) is 3.08. The van der Waals surface area contributed by atoms with Gasteiger partial charge in [-0.25, -0.2) is 9.97 Å². The lowest BCUT2D eigenvalue weighted by Crippen LogP contribution is -2.02. The Balaban J connectivity index is 2.01. The lowest BCUT2D eigenvalue weighted by Gasteiger charge is -2.11. The van der Waals surface area contributed by atoms with Crippen molar-refractivity contribution in [2.75, 3.05) is 10.6 Å². The number of non-ortho nitro benzene ring substituents is 1. The number of nitrogens with one attached hydrogen (secondary N) is 2. The molecular weight excluding hydrogens is 334 g/mol. The van der Waals surface area contributed by atoms with Crippen molar-refractivity contribution >= 4 is 51.9 Å². The molecule has 0 aliphatic carbocycles. The molecule has 120 valence electrons. The Morgan fingerprint density at radius 3 is 2.54 bits per heavy atom. The van der Waals surface area contributed by atoms with Gasteiger partial charge in [-0.2, -0.15) is 0 Å². The van der Waals surface area contributed by atoms with E-state index in [1.165, 1.54) is 18.2 Å². The molecule has 8 nitrogen and oxygen atoms in total. The summed E-state index contributed by atoms with van der Waals surface area (Å²) < 4.78 is 0. The summed E-state index contributed by atoms with van der Waals surface area (Å²) in [5.74, 6) is 0.276. The average molecular weight is 344 g/mol. The molecule has 9 heteroatoms. The molecular formula is C15H10ClN5O3. The van der Waals surface area contributed by atoms with E-state index in [0.29, 0.717) is 28.8 Å². The van der Waals surface area contributed by atoms with E-state index in [1.54, 1.807) is 24.3 Å². The van der Waals surface area contributed by atoms with Crippen LogP contribution in [0.5, 0.6) is 0 Å². The number of carbonyl (C=O) groups is 1. The summed E-state index contributed by atoms with van der Waals surface area (Å²) in [5, 5.41) is 16.4. The van der Waals surface area contributed by atoms with Gasteiger partial charge in [-0.05, 0) is 18.2 Å². The maximum absolute atomic E-state index is 10.8. The van der Waals surface area contributed by atoms with E-state index in [2.05, 4.69) is 20.6 Å². The number of para-hydroxylation sites is 2. The summed E-state index contributed by atoms with van der Waals surface area (Å²) in [4.78, 5) is 29.4. The molecule has 2 N–H and O–H groups in total. The van der Waals surface area contributed by atoms with Crippen LogP contribution in [-0.4, -0.2) is 21.3 Å². The molecule has 0 aliphatic heterocycles. The predicted molar refractivity (Wildman–Crippen MR) is 90.6 cm³/mol. The van der Waals surface area contributed by atoms with E-state index < -0.39 is 4.92 Å². The fourth-order valence-electron chi connectivity index (χ4n) is 2.12. The lowest BCUT2D eigenvalue weighted by atomic mass is 10.2. The highest BCUT2D eigenvalue weighted by Gasteiger charge is 2.12. The molecule has 0 fully saturated rings. The minimum atomic E-state index is -0.511. The molecule has 0 unspecified atom stereocenters. The number of anilines is 3. The second kappa shape index (κ2) is 6.47. The monoisotopic (exact) mass is 343 g/mol. The molecule has 3 aromatic rings. The first-order valence-corrected chi connectivity index (χ1v) is 7.14. The molecule has 0 radical (unpaired) electrons. The normalized spacial score (nSPS) is 10.4. The highest BCUT2D eigenvalue weighted by molar-refractivity contribution is 6.32. The van der Waals surface area contributed by atoms with Crippen molar-refractivity contribution in [3.05, 3.63) is 57.7 Å². The van der Waals surface area contributed by atoms with Crippen molar-refractivity contribution in [2.24, 2.45) is 0 Å². The number of hydrogen-bond donors (Lipinski definition) is 2. The Kier molecular flexibility index (Phi) is 4.21. The van der Waals surface area contributed by atoms with Gasteiger partial charge in [0.2, 0.25) is 6.41 Å². The van der Waals surface area contributed by atoms with Crippen LogP contribution in [0.2, 0.25) is 5.15 Å². The molecule has 0 aliphatic rings. The Morgan fingerprint density at radius 2 is 1.83 bits per heavy atom. The SMILES string of the molecule is O=CNc1ccccc1Nc1nc2ccc([N+](=O)[O-])cc2nc1Cl. The number of rotatable bonds is 5. The average Bonchev–Trinajstić information content (AvgIpc) is 2.57. The summed E-state index contributed by atoms with van der Waals surface area (Å²) >= 11 is 6.12. The van der Waals surface area contributed by atoms with E-state index >= 15 is 0 Å². The number of carbonyl (C=O) groups excluding carboxylic acids is 1. The largest absolute Gasteiger partial charge is 0.336 e. The number of amides is 1. The van der Waals surface area contributed by atoms with E-state index in [9.17, 15) is 14.9 Å². The first-order chi connectivity index (χ1) is 11.6. The van der Waals surface area contributed by atoms with Crippen molar-refractivity contribution in [3.8, 4) is 0 Å². The first kappa shape index (κ1) is 15.6. The van der Waals surface area contributed by atoms with Crippen molar-refractivity contribution in [1.29, 1.82) is 0 Å². The number of hydrogen-bond acceptors (Lipinski definition) is 6. The minimum absolute atomic E-state index is 0.0592. The molecule has 1 amide bonds. The number of halogens is 1. The third-order valence-corrected chi connectivity index (χ3v) is 3.47. The van der Waals surface area contributed by atoms with Gasteiger partial charge in [-0.15, -0.1) is 0 Å². The Morgan fingerprint density at radius 1 is 1.08 bits per heavy atom. The van der Waals surface area contributed by atoms with Gasteiger partial charge in [0.15, 0.2) is 11.0 Å². The maximum Gasteiger partial charge on any atom is 0.271 e. The summed E-state index contributed by atoms with van der Waals surface area (Å²) in [6, 6.07) is 11.1. The number of nitrogens with zero attached hydrogens (tertiary/aromatic N) is 3. The fourth-order valence-corrected chi connectivity index (χ4v) is 2.30. The number of benzene rings is 2. The van der Waals surface area contributed by atoms with Gasteiger partial charge in [-0.1, -0.05) is 23.7 Å². The van der Waals surface area contributed by atoms with Gasteiger partial charge >= 0.3 is 0 Å². The van der Waals surface area contributed by atoms with Crippen LogP contribution in [0.4, 0.5) is 22.9 Å². The molecule has 0 atom stereocenters. The zero-order chi connectivity index (χ0) is 17.1. The molecule has 0 spiro atoms. The van der Waals surface area contributed by atoms with Gasteiger partial charge in [0, 0.05) is 12.1 Å². The van der Waals surface area contributed by atoms with E-state index in [0.717, 1.165) is 0 Å². The summed E-state index contributed by atoms with van der Waals surface area (Å²) in [5.41, 5.74) is 1.82. The van der Waals surface area contributed by atoms with E-state index in [-0.39, 0.29) is 16.7 Å². The molecule has 3 rings (SSSR count). The zero-order valence-corrected chi connectivity index (χ0v) is 12.8. The minimum Gasteiger partial charge on any atom is -0.336 e. The van der Waals surface area contributed by atoms with Crippen LogP contribution in [-0.2, 0) is 4.79 Å². The molecule has 24 heavy (non-hydrogen) atoms. The van der Waals surface area contributed by atoms with Crippen LogP contribution in [0.15, 0.2) is 42.5 Å². The zero-order valence-electron chi connectivity index (χ0n) is 12.1. The van der Waals surface area contributed by atoms with Crippen LogP contribution >= 0.6 is 11.6 Å². The standard InChI is InChI=1S/C15H10ClN5O3/c16-14-15(19-11-4-2-1-3-10(11)17-8-22)20-12-6-5-9(21(23)24)7-13(12)18-14/h1-8H,(H,17,22)(H,19,20). The van der Waals surface area contributed by atoms with Gasteiger partial charge < -0.3 is 10.6 Å². The number of fused-ring (bicyclic) bond motifs is 1. The van der Waals surface area contributed by atoms with Crippen LogP contribution < -0.4 is 10.6 Å². The molecule has 0 saturated carbocycles.